The fourth-order valence-corrected chi connectivity index (χ4v) is 5.28. The van der Waals surface area contributed by atoms with Crippen LogP contribution in [0.1, 0.15) is 59.1 Å². The number of pyridine rings is 1. The minimum absolute atomic E-state index is 0.0611. The van der Waals surface area contributed by atoms with E-state index in [-0.39, 0.29) is 50.2 Å². The van der Waals surface area contributed by atoms with E-state index in [1.165, 1.54) is 0 Å². The van der Waals surface area contributed by atoms with Crippen LogP contribution in [0.25, 0.3) is 16.8 Å². The van der Waals surface area contributed by atoms with Crippen LogP contribution in [0, 0.1) is 0 Å². The fourth-order valence-electron chi connectivity index (χ4n) is 5.28. The third-order valence-corrected chi connectivity index (χ3v) is 7.18. The normalized spacial score (nSPS) is 15.3. The van der Waals surface area contributed by atoms with Gasteiger partial charge in [0.1, 0.15) is 5.69 Å². The smallest absolute Gasteiger partial charge is 0.318 e. The molecule has 5 rings (SSSR count). The number of amides is 3. The number of aromatic nitrogens is 1. The van der Waals surface area contributed by atoms with E-state index in [0.717, 1.165) is 33.4 Å². The highest BCUT2D eigenvalue weighted by Crippen LogP contribution is 2.42. The van der Waals surface area contributed by atoms with Crippen LogP contribution in [0.4, 0.5) is 4.79 Å². The maximum absolute atomic E-state index is 13.5. The van der Waals surface area contributed by atoms with Gasteiger partial charge in [-0.25, -0.2) is 9.78 Å². The summed E-state index contributed by atoms with van der Waals surface area (Å²) in [6, 6.07) is 14.3. The number of urea groups is 1. The lowest BCUT2D eigenvalue weighted by Gasteiger charge is -2.26. The summed E-state index contributed by atoms with van der Waals surface area (Å²) in [5.41, 5.74) is 5.68. The molecule has 2 aliphatic rings. The number of aliphatic hydroxyl groups is 1. The van der Waals surface area contributed by atoms with Crippen molar-refractivity contribution < 1.29 is 24.2 Å². The molecule has 0 bridgehead atoms. The van der Waals surface area contributed by atoms with E-state index in [2.05, 4.69) is 22.2 Å². The van der Waals surface area contributed by atoms with E-state index in [4.69, 9.17) is 14.5 Å². The van der Waals surface area contributed by atoms with Gasteiger partial charge < -0.3 is 30.1 Å². The van der Waals surface area contributed by atoms with Gasteiger partial charge >= 0.3 is 6.03 Å². The number of hydrogen-bond acceptors (Lipinski definition) is 7. The molecule has 2 aliphatic heterocycles. The molecular formula is C32H35N5O5. The Labute approximate surface area is 245 Å². The quantitative estimate of drug-likeness (QED) is 0.327. The van der Waals surface area contributed by atoms with Gasteiger partial charge in [0.05, 0.1) is 11.7 Å². The van der Waals surface area contributed by atoms with Crippen molar-refractivity contribution in [2.24, 2.45) is 4.99 Å². The lowest BCUT2D eigenvalue weighted by atomic mass is 9.94. The molecule has 3 N–H and O–H groups in total. The molecule has 2 aromatic carbocycles. The number of allylic oxidation sites excluding steroid dienone is 1. The maximum atomic E-state index is 13.5. The Bertz CT molecular complexity index is 1550. The summed E-state index contributed by atoms with van der Waals surface area (Å²) in [5.74, 6) is 0.969. The summed E-state index contributed by atoms with van der Waals surface area (Å²) in [5, 5.41) is 15.9. The van der Waals surface area contributed by atoms with Crippen molar-refractivity contribution in [3.63, 3.8) is 0 Å². The van der Waals surface area contributed by atoms with Crippen LogP contribution >= 0.6 is 0 Å². The molecule has 3 heterocycles. The number of rotatable bonds is 9. The van der Waals surface area contributed by atoms with Crippen molar-refractivity contribution in [2.75, 3.05) is 20.4 Å². The molecule has 1 atom stereocenters. The predicted molar refractivity (Wildman–Crippen MR) is 161 cm³/mol. The number of ether oxygens (including phenoxy) is 2. The lowest BCUT2D eigenvalue weighted by molar-refractivity contribution is 0.0945. The van der Waals surface area contributed by atoms with E-state index in [1.807, 2.05) is 56.3 Å². The number of aliphatic imine (C=N–C) groups is 1. The molecule has 10 heteroatoms. The molecule has 0 unspecified atom stereocenters. The number of carbonyl (C=O) groups excluding carboxylic acids is 2. The Kier molecular flexibility index (Phi) is 8.53. The minimum Gasteiger partial charge on any atom is -0.454 e. The summed E-state index contributed by atoms with van der Waals surface area (Å²) in [6.07, 6.45) is 2.02. The van der Waals surface area contributed by atoms with Crippen LogP contribution in [0.2, 0.25) is 0 Å². The first-order valence-corrected chi connectivity index (χ1v) is 13.9. The molecule has 10 nitrogen and oxygen atoms in total. The van der Waals surface area contributed by atoms with Crippen LogP contribution in [-0.2, 0) is 13.1 Å². The maximum Gasteiger partial charge on any atom is 0.318 e. The lowest BCUT2D eigenvalue weighted by Crippen LogP contribution is -2.42. The van der Waals surface area contributed by atoms with Crippen molar-refractivity contribution >= 4 is 23.7 Å². The number of nitrogens with one attached hydrogen (secondary N) is 2. The predicted octanol–water partition coefficient (Wildman–Crippen LogP) is 4.48. The molecule has 0 saturated heterocycles. The number of benzene rings is 2. The number of hydrogen-bond donors (Lipinski definition) is 3. The first kappa shape index (κ1) is 28.8. The number of aliphatic hydroxyl groups excluding tert-OH is 1. The molecule has 0 radical (unpaired) electrons. The third kappa shape index (κ3) is 5.99. The zero-order chi connectivity index (χ0) is 29.8. The molecule has 3 amide bonds. The highest BCUT2D eigenvalue weighted by Gasteiger charge is 2.37. The Morgan fingerprint density at radius 2 is 2.00 bits per heavy atom. The molecule has 0 saturated carbocycles. The Morgan fingerprint density at radius 1 is 1.19 bits per heavy atom. The zero-order valence-electron chi connectivity index (χ0n) is 24.0. The Hall–Kier alpha value is -4.70. The summed E-state index contributed by atoms with van der Waals surface area (Å²) < 4.78 is 10.8. The number of nitrogens with zero attached hydrogens (tertiary/aromatic N) is 3. The van der Waals surface area contributed by atoms with E-state index < -0.39 is 6.04 Å². The molecule has 218 valence electrons. The summed E-state index contributed by atoms with van der Waals surface area (Å²) in [6.45, 7) is 8.52. The number of carbonyl (C=O) groups is 2. The second-order valence-electron chi connectivity index (χ2n) is 10.6. The second kappa shape index (κ2) is 12.4. The van der Waals surface area contributed by atoms with Crippen molar-refractivity contribution in [3.8, 4) is 22.8 Å². The monoisotopic (exact) mass is 569 g/mol. The van der Waals surface area contributed by atoms with Gasteiger partial charge in [-0.1, -0.05) is 30.8 Å². The van der Waals surface area contributed by atoms with Crippen LogP contribution in [0.5, 0.6) is 11.5 Å². The molecule has 3 aromatic rings. The van der Waals surface area contributed by atoms with Gasteiger partial charge in [-0.05, 0) is 66.8 Å². The van der Waals surface area contributed by atoms with Crippen molar-refractivity contribution in [1.82, 2.24) is 20.5 Å². The van der Waals surface area contributed by atoms with Gasteiger partial charge in [0.15, 0.2) is 11.5 Å². The zero-order valence-corrected chi connectivity index (χ0v) is 24.0. The van der Waals surface area contributed by atoms with E-state index in [9.17, 15) is 14.7 Å². The minimum atomic E-state index is -0.416. The Morgan fingerprint density at radius 3 is 2.76 bits per heavy atom. The number of fused-ring (bicyclic) bond motifs is 2. The summed E-state index contributed by atoms with van der Waals surface area (Å²) >= 11 is 0. The molecular weight excluding hydrogens is 534 g/mol. The van der Waals surface area contributed by atoms with E-state index in [1.54, 1.807) is 24.2 Å². The average Bonchev–Trinajstić information content (AvgIpc) is 3.60. The first-order chi connectivity index (χ1) is 20.3. The molecule has 1 aromatic heterocycles. The van der Waals surface area contributed by atoms with Crippen molar-refractivity contribution in [2.45, 2.75) is 45.4 Å². The van der Waals surface area contributed by atoms with Crippen LogP contribution in [0.3, 0.4) is 0 Å². The topological polar surface area (TPSA) is 125 Å². The Balaban J connectivity index is 1.53. The molecule has 0 spiro atoms. The van der Waals surface area contributed by atoms with Crippen molar-refractivity contribution in [3.05, 3.63) is 83.1 Å². The van der Waals surface area contributed by atoms with Gasteiger partial charge in [0, 0.05) is 50.1 Å². The summed E-state index contributed by atoms with van der Waals surface area (Å²) in [7, 11) is 1.69. The summed E-state index contributed by atoms with van der Waals surface area (Å²) in [4.78, 5) is 37.3. The first-order valence-electron chi connectivity index (χ1n) is 13.9. The van der Waals surface area contributed by atoms with Gasteiger partial charge in [0.25, 0.3) is 5.91 Å². The molecule has 42 heavy (non-hydrogen) atoms. The van der Waals surface area contributed by atoms with E-state index >= 15 is 0 Å². The van der Waals surface area contributed by atoms with Crippen molar-refractivity contribution in [1.29, 1.82) is 0 Å². The van der Waals surface area contributed by atoms with Crippen LogP contribution < -0.4 is 20.1 Å². The fraction of sp³-hybridized carbons (Fsp3) is 0.312. The van der Waals surface area contributed by atoms with Crippen LogP contribution in [-0.4, -0.2) is 59.6 Å². The van der Waals surface area contributed by atoms with Gasteiger partial charge in [-0.2, -0.15) is 0 Å². The van der Waals surface area contributed by atoms with Gasteiger partial charge in [0.2, 0.25) is 6.79 Å². The van der Waals surface area contributed by atoms with E-state index in [0.29, 0.717) is 23.6 Å². The molecule has 0 aliphatic carbocycles. The second-order valence-corrected chi connectivity index (χ2v) is 10.6. The highest BCUT2D eigenvalue weighted by atomic mass is 16.7. The third-order valence-electron chi connectivity index (χ3n) is 7.18. The standard InChI is InChI=1S/C32H35N5O5/c1-19(2)35-32(40)37-17-24-14-25(31(39)34-16-21-8-9-27-28(12-21)42-18-41-27)36-30(29(24)26(37)10-11-38)23-7-5-6-22(13-23)20(3)15-33-4/h5-9,12-15,19,26,38H,3,10-11,16-18H2,1-2,4H3,(H,34,39)(H,35,40)/t26-/m1/s1. The average molecular weight is 570 g/mol. The van der Waals surface area contributed by atoms with Crippen LogP contribution in [0.15, 0.2) is 60.1 Å². The van der Waals surface area contributed by atoms with Gasteiger partial charge in [-0.3, -0.25) is 9.79 Å². The largest absolute Gasteiger partial charge is 0.454 e. The molecule has 0 fully saturated rings. The van der Waals surface area contributed by atoms with Gasteiger partial charge in [-0.15, -0.1) is 0 Å². The SMILES string of the molecule is C=C(C=NC)c1cccc(-c2nc(C(=O)NCc3ccc4c(c3)OCO4)cc3c2[C@@H](CCO)N(C(=O)NC(C)C)C3)c1. The highest BCUT2D eigenvalue weighted by molar-refractivity contribution is 6.09.